The molecule has 2 amide bonds. The second-order valence-corrected chi connectivity index (χ2v) is 14.0. The third kappa shape index (κ3) is 9.10. The quantitative estimate of drug-likeness (QED) is 0.168. The number of carbonyl (C=O) groups excluding carboxylic acids is 2. The Morgan fingerprint density at radius 3 is 2.11 bits per heavy atom. The van der Waals surface area contributed by atoms with Gasteiger partial charge in [0, 0.05) is 24.5 Å². The average molecular weight is 667 g/mol. The molecular formula is C35H37Cl2N3O4S. The van der Waals surface area contributed by atoms with Gasteiger partial charge in [0.2, 0.25) is 11.8 Å². The minimum Gasteiger partial charge on any atom is -0.354 e. The highest BCUT2D eigenvalue weighted by atomic mass is 35.5. The molecule has 1 N–H and O–H groups in total. The summed E-state index contributed by atoms with van der Waals surface area (Å²) in [5, 5.41) is 3.62. The molecule has 236 valence electrons. The molecular weight excluding hydrogens is 629 g/mol. The number of sulfonamides is 1. The number of para-hydroxylation sites is 1. The van der Waals surface area contributed by atoms with E-state index in [-0.39, 0.29) is 40.4 Å². The first-order chi connectivity index (χ1) is 21.5. The van der Waals surface area contributed by atoms with E-state index in [4.69, 9.17) is 23.2 Å². The van der Waals surface area contributed by atoms with E-state index >= 15 is 0 Å². The van der Waals surface area contributed by atoms with Gasteiger partial charge >= 0.3 is 0 Å². The molecule has 0 aromatic heterocycles. The summed E-state index contributed by atoms with van der Waals surface area (Å²) in [6, 6.07) is 28.3. The summed E-state index contributed by atoms with van der Waals surface area (Å²) in [5.74, 6) is -0.737. The summed E-state index contributed by atoms with van der Waals surface area (Å²) in [5.41, 5.74) is 2.58. The number of anilines is 1. The van der Waals surface area contributed by atoms with Crippen molar-refractivity contribution >= 4 is 50.7 Å². The molecule has 0 fully saturated rings. The number of benzene rings is 4. The predicted molar refractivity (Wildman–Crippen MR) is 181 cm³/mol. The Morgan fingerprint density at radius 1 is 0.822 bits per heavy atom. The third-order valence-corrected chi connectivity index (χ3v) is 9.54. The molecule has 4 aromatic carbocycles. The Hall–Kier alpha value is -3.85. The van der Waals surface area contributed by atoms with E-state index in [0.717, 1.165) is 15.4 Å². The maximum absolute atomic E-state index is 14.5. The zero-order chi connectivity index (χ0) is 32.6. The monoisotopic (exact) mass is 665 g/mol. The molecule has 0 radical (unpaired) electrons. The van der Waals surface area contributed by atoms with Crippen LogP contribution in [0.3, 0.4) is 0 Å². The lowest BCUT2D eigenvalue weighted by atomic mass is 10.0. The highest BCUT2D eigenvalue weighted by molar-refractivity contribution is 7.92. The molecule has 7 nitrogen and oxygen atoms in total. The van der Waals surface area contributed by atoms with Gasteiger partial charge < -0.3 is 10.2 Å². The minimum absolute atomic E-state index is 0.0118. The van der Waals surface area contributed by atoms with E-state index in [1.54, 1.807) is 54.6 Å². The van der Waals surface area contributed by atoms with Crippen molar-refractivity contribution in [2.24, 2.45) is 5.92 Å². The smallest absolute Gasteiger partial charge is 0.264 e. The summed E-state index contributed by atoms with van der Waals surface area (Å²) in [6.07, 6.45) is 0.216. The van der Waals surface area contributed by atoms with Gasteiger partial charge in [-0.1, -0.05) is 109 Å². The summed E-state index contributed by atoms with van der Waals surface area (Å²) < 4.78 is 29.3. The van der Waals surface area contributed by atoms with E-state index in [1.165, 1.54) is 17.0 Å². The Morgan fingerprint density at radius 2 is 1.47 bits per heavy atom. The second-order valence-electron chi connectivity index (χ2n) is 11.3. The number of halogens is 2. The fourth-order valence-electron chi connectivity index (χ4n) is 4.81. The molecule has 0 aliphatic rings. The molecule has 4 aromatic rings. The van der Waals surface area contributed by atoms with E-state index < -0.39 is 28.5 Å². The van der Waals surface area contributed by atoms with Crippen molar-refractivity contribution in [3.8, 4) is 0 Å². The number of aryl methyl sites for hydroxylation is 1. The van der Waals surface area contributed by atoms with Crippen LogP contribution >= 0.6 is 23.2 Å². The number of carbonyl (C=O) groups is 2. The Labute approximate surface area is 275 Å². The number of hydrogen-bond acceptors (Lipinski definition) is 4. The summed E-state index contributed by atoms with van der Waals surface area (Å²) in [4.78, 5) is 29.8. The molecule has 0 bridgehead atoms. The largest absolute Gasteiger partial charge is 0.354 e. The summed E-state index contributed by atoms with van der Waals surface area (Å²) in [7, 11) is -4.25. The van der Waals surface area contributed by atoms with Crippen LogP contribution in [0.15, 0.2) is 108 Å². The zero-order valence-corrected chi connectivity index (χ0v) is 27.8. The van der Waals surface area contributed by atoms with E-state index in [0.29, 0.717) is 17.1 Å². The third-order valence-electron chi connectivity index (χ3n) is 7.21. The van der Waals surface area contributed by atoms with Gasteiger partial charge in [0.1, 0.15) is 12.6 Å². The standard InChI is InChI=1S/C35H37Cl2N3O4S/c1-25(2)22-38-35(42)33(21-27-10-5-4-6-11-27)39(23-28-12-9-13-29(36)20-28)34(41)24-40(32-15-8-7-14-31(32)37)45(43,44)30-18-16-26(3)17-19-30/h4-20,25,33H,21-24H2,1-3H3,(H,38,42)/t33-/m0/s1. The number of rotatable bonds is 13. The van der Waals surface area contributed by atoms with E-state index in [9.17, 15) is 18.0 Å². The van der Waals surface area contributed by atoms with Crippen LogP contribution in [-0.2, 0) is 32.6 Å². The second kappa shape index (κ2) is 15.4. The lowest BCUT2D eigenvalue weighted by molar-refractivity contribution is -0.140. The van der Waals surface area contributed by atoms with Crippen LogP contribution in [-0.4, -0.2) is 44.3 Å². The molecule has 0 saturated carbocycles. The Balaban J connectivity index is 1.81. The van der Waals surface area contributed by atoms with Gasteiger partial charge in [0.05, 0.1) is 15.6 Å². The van der Waals surface area contributed by atoms with Crippen LogP contribution in [0.4, 0.5) is 5.69 Å². The lowest BCUT2D eigenvalue weighted by Gasteiger charge is -2.34. The van der Waals surface area contributed by atoms with Gasteiger partial charge in [0.25, 0.3) is 10.0 Å². The number of nitrogens with zero attached hydrogens (tertiary/aromatic N) is 2. The molecule has 0 spiro atoms. The number of nitrogens with one attached hydrogen (secondary N) is 1. The minimum atomic E-state index is -4.25. The lowest BCUT2D eigenvalue weighted by Crippen LogP contribution is -2.53. The van der Waals surface area contributed by atoms with Crippen molar-refractivity contribution in [2.45, 2.75) is 44.7 Å². The summed E-state index contributed by atoms with van der Waals surface area (Å²) >= 11 is 12.8. The maximum atomic E-state index is 14.5. The van der Waals surface area contributed by atoms with Gasteiger partial charge in [-0.2, -0.15) is 0 Å². The molecule has 0 aliphatic heterocycles. The van der Waals surface area contributed by atoms with Crippen molar-refractivity contribution < 1.29 is 18.0 Å². The van der Waals surface area contributed by atoms with Gasteiger partial charge in [-0.25, -0.2) is 8.42 Å². The van der Waals surface area contributed by atoms with Crippen LogP contribution in [0.1, 0.15) is 30.5 Å². The van der Waals surface area contributed by atoms with Crippen LogP contribution in [0.2, 0.25) is 10.0 Å². The molecule has 1 atom stereocenters. The summed E-state index contributed by atoms with van der Waals surface area (Å²) in [6.45, 7) is 5.67. The SMILES string of the molecule is Cc1ccc(S(=O)(=O)N(CC(=O)N(Cc2cccc(Cl)c2)[C@@H](Cc2ccccc2)C(=O)NCC(C)C)c2ccccc2Cl)cc1. The number of amides is 2. The van der Waals surface area contributed by atoms with Gasteiger partial charge in [-0.3, -0.25) is 13.9 Å². The van der Waals surface area contributed by atoms with E-state index in [1.807, 2.05) is 57.2 Å². The first-order valence-corrected chi connectivity index (χ1v) is 16.8. The predicted octanol–water partition coefficient (Wildman–Crippen LogP) is 6.91. The molecule has 10 heteroatoms. The van der Waals surface area contributed by atoms with Gasteiger partial charge in [-0.05, 0) is 60.4 Å². The fourth-order valence-corrected chi connectivity index (χ4v) is 6.75. The van der Waals surface area contributed by atoms with Gasteiger partial charge in [-0.15, -0.1) is 0 Å². The van der Waals surface area contributed by atoms with Crippen LogP contribution in [0, 0.1) is 12.8 Å². The van der Waals surface area contributed by atoms with Crippen molar-refractivity contribution in [2.75, 3.05) is 17.4 Å². The normalized spacial score (nSPS) is 12.0. The molecule has 0 unspecified atom stereocenters. The first-order valence-electron chi connectivity index (χ1n) is 14.6. The topological polar surface area (TPSA) is 86.8 Å². The number of hydrogen-bond donors (Lipinski definition) is 1. The highest BCUT2D eigenvalue weighted by Gasteiger charge is 2.35. The average Bonchev–Trinajstić information content (AvgIpc) is 3.01. The van der Waals surface area contributed by atoms with Gasteiger partial charge in [0.15, 0.2) is 0 Å². The van der Waals surface area contributed by atoms with Crippen LogP contribution in [0.25, 0.3) is 0 Å². The molecule has 45 heavy (non-hydrogen) atoms. The van der Waals surface area contributed by atoms with Crippen molar-refractivity contribution in [3.05, 3.63) is 130 Å². The highest BCUT2D eigenvalue weighted by Crippen LogP contribution is 2.31. The Bertz CT molecular complexity index is 1710. The van der Waals surface area contributed by atoms with Crippen LogP contribution < -0.4 is 9.62 Å². The van der Waals surface area contributed by atoms with Crippen LogP contribution in [0.5, 0.6) is 0 Å². The maximum Gasteiger partial charge on any atom is 0.264 e. The molecule has 0 heterocycles. The Kier molecular flexibility index (Phi) is 11.7. The molecule has 0 aliphatic carbocycles. The van der Waals surface area contributed by atoms with Crippen molar-refractivity contribution in [1.82, 2.24) is 10.2 Å². The van der Waals surface area contributed by atoms with Crippen molar-refractivity contribution in [1.29, 1.82) is 0 Å². The zero-order valence-electron chi connectivity index (χ0n) is 25.5. The van der Waals surface area contributed by atoms with E-state index in [2.05, 4.69) is 5.32 Å². The fraction of sp³-hybridized carbons (Fsp3) is 0.257. The first kappa shape index (κ1) is 34.0. The molecule has 0 saturated heterocycles. The van der Waals surface area contributed by atoms with Crippen molar-refractivity contribution in [3.63, 3.8) is 0 Å². The molecule has 4 rings (SSSR count).